The molecule has 2 aromatic heterocycles. The van der Waals surface area contributed by atoms with Crippen LogP contribution in [-0.4, -0.2) is 46.6 Å². The van der Waals surface area contributed by atoms with Crippen molar-refractivity contribution in [2.75, 3.05) is 19.4 Å². The molecule has 0 unspecified atom stereocenters. The molecule has 0 atom stereocenters. The second-order valence-corrected chi connectivity index (χ2v) is 7.88. The van der Waals surface area contributed by atoms with Crippen LogP contribution in [0.25, 0.3) is 5.65 Å². The molecule has 0 radical (unpaired) electrons. The standard InChI is InChI=1S/C15H15F3N6O2S/c1-23(2)27(25,26)11-6-4-3-5-10(11)9-19-12-7-8-13-20-21-14(15(16,17)18)24(13)22-12/h3-8H,9H2,1-2H3,(H,19,22). The molecule has 0 spiro atoms. The summed E-state index contributed by atoms with van der Waals surface area (Å²) in [5.41, 5.74) is 0.399. The van der Waals surface area contributed by atoms with E-state index in [1.165, 1.54) is 32.3 Å². The summed E-state index contributed by atoms with van der Waals surface area (Å²) < 4.78 is 65.3. The highest BCUT2D eigenvalue weighted by molar-refractivity contribution is 7.89. The van der Waals surface area contributed by atoms with Crippen molar-refractivity contribution in [2.45, 2.75) is 17.6 Å². The van der Waals surface area contributed by atoms with Crippen molar-refractivity contribution in [1.29, 1.82) is 0 Å². The number of nitrogens with zero attached hydrogens (tertiary/aromatic N) is 5. The van der Waals surface area contributed by atoms with Crippen LogP contribution in [0.1, 0.15) is 11.4 Å². The SMILES string of the molecule is CN(C)S(=O)(=O)c1ccccc1CNc1ccc2nnc(C(F)(F)F)n2n1. The van der Waals surface area contributed by atoms with Gasteiger partial charge in [0.05, 0.1) is 4.90 Å². The number of benzene rings is 1. The maximum Gasteiger partial charge on any atom is 0.453 e. The summed E-state index contributed by atoms with van der Waals surface area (Å²) >= 11 is 0. The molecule has 3 aromatic rings. The zero-order valence-corrected chi connectivity index (χ0v) is 15.1. The molecule has 0 aliphatic heterocycles. The van der Waals surface area contributed by atoms with E-state index in [1.54, 1.807) is 18.2 Å². The maximum absolute atomic E-state index is 12.9. The fourth-order valence-electron chi connectivity index (χ4n) is 2.34. The number of halogens is 3. The van der Waals surface area contributed by atoms with Gasteiger partial charge >= 0.3 is 6.18 Å². The third kappa shape index (κ3) is 3.71. The minimum Gasteiger partial charge on any atom is -0.365 e. The van der Waals surface area contributed by atoms with E-state index < -0.39 is 22.0 Å². The van der Waals surface area contributed by atoms with Gasteiger partial charge in [0.2, 0.25) is 10.0 Å². The Morgan fingerprint density at radius 2 is 1.81 bits per heavy atom. The first-order valence-corrected chi connectivity index (χ1v) is 9.08. The molecular formula is C15H15F3N6O2S. The number of hydrogen-bond donors (Lipinski definition) is 1. The van der Waals surface area contributed by atoms with Gasteiger partial charge in [0.15, 0.2) is 5.65 Å². The normalized spacial score (nSPS) is 12.7. The molecule has 2 heterocycles. The Morgan fingerprint density at radius 3 is 2.48 bits per heavy atom. The maximum atomic E-state index is 12.9. The highest BCUT2D eigenvalue weighted by Gasteiger charge is 2.37. The Hall–Kier alpha value is -2.73. The predicted octanol–water partition coefficient (Wildman–Crippen LogP) is 2.01. The lowest BCUT2D eigenvalue weighted by Crippen LogP contribution is -2.24. The monoisotopic (exact) mass is 400 g/mol. The highest BCUT2D eigenvalue weighted by atomic mass is 32.2. The molecule has 12 heteroatoms. The van der Waals surface area contributed by atoms with Crippen LogP contribution in [0.3, 0.4) is 0 Å². The van der Waals surface area contributed by atoms with E-state index in [0.717, 1.165) is 4.31 Å². The van der Waals surface area contributed by atoms with Crippen molar-refractivity contribution in [1.82, 2.24) is 24.1 Å². The molecule has 27 heavy (non-hydrogen) atoms. The number of sulfonamides is 1. The number of rotatable bonds is 5. The smallest absolute Gasteiger partial charge is 0.365 e. The summed E-state index contributed by atoms with van der Waals surface area (Å²) in [6.45, 7) is 0.0469. The molecule has 0 aliphatic carbocycles. The van der Waals surface area contributed by atoms with Crippen molar-refractivity contribution < 1.29 is 21.6 Å². The van der Waals surface area contributed by atoms with Crippen LogP contribution in [0, 0.1) is 0 Å². The van der Waals surface area contributed by atoms with Crippen molar-refractivity contribution >= 4 is 21.5 Å². The Labute approximate surface area is 152 Å². The number of fused-ring (bicyclic) bond motifs is 1. The molecule has 0 fully saturated rings. The number of hydrogen-bond acceptors (Lipinski definition) is 6. The Balaban J connectivity index is 1.90. The van der Waals surface area contributed by atoms with Crippen molar-refractivity contribution in [3.05, 3.63) is 47.8 Å². The second-order valence-electron chi connectivity index (χ2n) is 5.76. The predicted molar refractivity (Wildman–Crippen MR) is 90.4 cm³/mol. The van der Waals surface area contributed by atoms with E-state index in [2.05, 4.69) is 20.6 Å². The van der Waals surface area contributed by atoms with Crippen LogP contribution in [0.5, 0.6) is 0 Å². The lowest BCUT2D eigenvalue weighted by Gasteiger charge is -2.15. The minimum atomic E-state index is -4.70. The topological polar surface area (TPSA) is 92.5 Å². The number of anilines is 1. The van der Waals surface area contributed by atoms with Crippen LogP contribution >= 0.6 is 0 Å². The van der Waals surface area contributed by atoms with Gasteiger partial charge in [0.25, 0.3) is 5.82 Å². The molecule has 8 nitrogen and oxygen atoms in total. The molecule has 0 aliphatic rings. The summed E-state index contributed by atoms with van der Waals surface area (Å²) in [6, 6.07) is 9.11. The van der Waals surface area contributed by atoms with Crippen LogP contribution in [0.4, 0.5) is 19.0 Å². The van der Waals surface area contributed by atoms with Crippen molar-refractivity contribution in [3.63, 3.8) is 0 Å². The Morgan fingerprint density at radius 1 is 1.11 bits per heavy atom. The fraction of sp³-hybridized carbons (Fsp3) is 0.267. The average molecular weight is 400 g/mol. The average Bonchev–Trinajstić information content (AvgIpc) is 3.03. The number of aromatic nitrogens is 4. The van der Waals surface area contributed by atoms with Crippen LogP contribution in [0.2, 0.25) is 0 Å². The fourth-order valence-corrected chi connectivity index (χ4v) is 3.46. The third-order valence-electron chi connectivity index (χ3n) is 3.71. The molecule has 3 rings (SSSR count). The summed E-state index contributed by atoms with van der Waals surface area (Å²) in [5.74, 6) is -1.12. The van der Waals surface area contributed by atoms with E-state index in [-0.39, 0.29) is 22.9 Å². The molecule has 0 amide bonds. The molecule has 1 aromatic carbocycles. The van der Waals surface area contributed by atoms with Gasteiger partial charge in [-0.05, 0) is 23.8 Å². The molecular weight excluding hydrogens is 385 g/mol. The van der Waals surface area contributed by atoms with Crippen LogP contribution in [-0.2, 0) is 22.7 Å². The zero-order valence-electron chi connectivity index (χ0n) is 14.3. The summed E-state index contributed by atoms with van der Waals surface area (Å²) in [6.07, 6.45) is -4.70. The first kappa shape index (κ1) is 19.0. The number of nitrogens with one attached hydrogen (secondary N) is 1. The first-order chi connectivity index (χ1) is 12.6. The van der Waals surface area contributed by atoms with Gasteiger partial charge in [-0.2, -0.15) is 17.7 Å². The minimum absolute atomic E-state index is 0.0469. The second kappa shape index (κ2) is 6.78. The largest absolute Gasteiger partial charge is 0.453 e. The Kier molecular flexibility index (Phi) is 4.78. The summed E-state index contributed by atoms with van der Waals surface area (Å²) in [5, 5.41) is 13.2. The molecule has 144 valence electrons. The highest BCUT2D eigenvalue weighted by Crippen LogP contribution is 2.27. The quantitative estimate of drug-likeness (QED) is 0.704. The van der Waals surface area contributed by atoms with Crippen molar-refractivity contribution in [2.24, 2.45) is 0 Å². The first-order valence-electron chi connectivity index (χ1n) is 7.64. The van der Waals surface area contributed by atoms with Gasteiger partial charge in [-0.25, -0.2) is 12.7 Å². The van der Waals surface area contributed by atoms with E-state index >= 15 is 0 Å². The molecule has 0 bridgehead atoms. The lowest BCUT2D eigenvalue weighted by atomic mass is 10.2. The molecule has 0 saturated carbocycles. The van der Waals surface area contributed by atoms with E-state index in [9.17, 15) is 21.6 Å². The van der Waals surface area contributed by atoms with Crippen LogP contribution in [0.15, 0.2) is 41.3 Å². The Bertz CT molecular complexity index is 1080. The molecule has 0 saturated heterocycles. The van der Waals surface area contributed by atoms with Crippen molar-refractivity contribution in [3.8, 4) is 0 Å². The van der Waals surface area contributed by atoms with Gasteiger partial charge < -0.3 is 5.32 Å². The third-order valence-corrected chi connectivity index (χ3v) is 5.62. The lowest BCUT2D eigenvalue weighted by molar-refractivity contribution is -0.146. The summed E-state index contributed by atoms with van der Waals surface area (Å²) in [7, 11) is -0.832. The van der Waals surface area contributed by atoms with Gasteiger partial charge in [-0.3, -0.25) is 0 Å². The van der Waals surface area contributed by atoms with Gasteiger partial charge in [-0.1, -0.05) is 18.2 Å². The number of alkyl halides is 3. The van der Waals surface area contributed by atoms with E-state index in [4.69, 9.17) is 0 Å². The van der Waals surface area contributed by atoms with Crippen LogP contribution < -0.4 is 5.32 Å². The zero-order chi connectivity index (χ0) is 19.8. The molecule has 1 N–H and O–H groups in total. The van der Waals surface area contributed by atoms with Gasteiger partial charge in [0.1, 0.15) is 5.82 Å². The summed E-state index contributed by atoms with van der Waals surface area (Å²) in [4.78, 5) is 0.101. The van der Waals surface area contributed by atoms with Gasteiger partial charge in [-0.15, -0.1) is 15.3 Å². The van der Waals surface area contributed by atoms with E-state index in [0.29, 0.717) is 10.1 Å². The van der Waals surface area contributed by atoms with Gasteiger partial charge in [0, 0.05) is 20.6 Å². The van der Waals surface area contributed by atoms with E-state index in [1.807, 2.05) is 0 Å².